The summed E-state index contributed by atoms with van der Waals surface area (Å²) >= 11 is 0. The lowest BCUT2D eigenvalue weighted by Gasteiger charge is -2.38. The summed E-state index contributed by atoms with van der Waals surface area (Å²) in [7, 11) is 0. The first kappa shape index (κ1) is 43.7. The van der Waals surface area contributed by atoms with Crippen molar-refractivity contribution in [3.63, 3.8) is 0 Å². The van der Waals surface area contributed by atoms with E-state index < -0.39 is 47.9 Å². The first-order valence-corrected chi connectivity index (χ1v) is 21.2. The van der Waals surface area contributed by atoms with Crippen LogP contribution in [0.2, 0.25) is 0 Å². The third kappa shape index (κ3) is 11.7. The average Bonchev–Trinajstić information content (AvgIpc) is 3.31. The number of carboxylic acids is 1. The predicted octanol–water partition coefficient (Wildman–Crippen LogP) is 5.69. The van der Waals surface area contributed by atoms with Crippen LogP contribution in [0, 0.1) is 0 Å². The van der Waals surface area contributed by atoms with E-state index in [4.69, 9.17) is 5.73 Å². The van der Waals surface area contributed by atoms with Crippen molar-refractivity contribution in [3.8, 4) is 11.1 Å². The topological polar surface area (TPSA) is 171 Å². The Hall–Kier alpha value is -7.37. The van der Waals surface area contributed by atoms with Gasteiger partial charge in [0, 0.05) is 37.9 Å². The fraction of sp³-hybridized carbons (Fsp3) is 0.212. The Morgan fingerprint density at radius 3 is 1.73 bits per heavy atom. The maximum absolute atomic E-state index is 14.4. The molecular weight excluding hydrogens is 791 g/mol. The second-order valence-corrected chi connectivity index (χ2v) is 15.9. The third-order valence-corrected chi connectivity index (χ3v) is 11.4. The zero-order valence-corrected chi connectivity index (χ0v) is 34.9. The second-order valence-electron chi connectivity index (χ2n) is 15.9. The van der Waals surface area contributed by atoms with Gasteiger partial charge in [0.2, 0.25) is 17.7 Å². The van der Waals surface area contributed by atoms with E-state index in [1.165, 1.54) is 4.90 Å². The van der Waals surface area contributed by atoms with E-state index in [1.807, 2.05) is 78.9 Å². The molecule has 0 saturated carbocycles. The van der Waals surface area contributed by atoms with Crippen molar-refractivity contribution in [2.75, 3.05) is 6.54 Å². The lowest BCUT2D eigenvalue weighted by molar-refractivity contribution is -0.144. The van der Waals surface area contributed by atoms with Crippen molar-refractivity contribution in [3.05, 3.63) is 203 Å². The normalized spacial score (nSPS) is 14.6. The molecule has 6 aromatic carbocycles. The van der Waals surface area contributed by atoms with E-state index in [0.29, 0.717) is 18.5 Å². The lowest BCUT2D eigenvalue weighted by atomic mass is 9.92. The van der Waals surface area contributed by atoms with Crippen LogP contribution in [0.1, 0.15) is 43.7 Å². The fourth-order valence-corrected chi connectivity index (χ4v) is 7.90. The summed E-state index contributed by atoms with van der Waals surface area (Å²) in [4.78, 5) is 69.3. The SMILES string of the molecule is N[C@@H](Cc1ccc(C(=O)NCCc2ccc(-c3ccccc3)cc2)cc1)C(=O)N1Cc2ccccc2CC1C(=O)N[C@@H](Cc1ccccc1)C(=O)N[C@@H](Cc1ccccc1)C(=O)O. The van der Waals surface area contributed by atoms with Gasteiger partial charge in [-0.05, 0) is 69.5 Å². The van der Waals surface area contributed by atoms with Gasteiger partial charge in [0.1, 0.15) is 18.1 Å². The van der Waals surface area contributed by atoms with Gasteiger partial charge in [-0.2, -0.15) is 0 Å². The Bertz CT molecular complexity index is 2500. The summed E-state index contributed by atoms with van der Waals surface area (Å²) in [6.45, 7) is 0.595. The van der Waals surface area contributed by atoms with Crippen molar-refractivity contribution >= 4 is 29.6 Å². The smallest absolute Gasteiger partial charge is 0.326 e. The molecule has 4 atom stereocenters. The maximum atomic E-state index is 14.4. The molecule has 6 N–H and O–H groups in total. The van der Waals surface area contributed by atoms with Crippen molar-refractivity contribution in [2.24, 2.45) is 5.73 Å². The van der Waals surface area contributed by atoms with Gasteiger partial charge < -0.3 is 31.7 Å². The maximum Gasteiger partial charge on any atom is 0.326 e. The molecule has 4 amide bonds. The number of hydrogen-bond donors (Lipinski definition) is 5. The Labute approximate surface area is 367 Å². The highest BCUT2D eigenvalue weighted by atomic mass is 16.4. The molecular formula is C52H51N5O6. The van der Waals surface area contributed by atoms with E-state index in [9.17, 15) is 29.1 Å². The molecule has 0 aliphatic carbocycles. The minimum absolute atomic E-state index is 0.0506. The molecule has 0 spiro atoms. The summed E-state index contributed by atoms with van der Waals surface area (Å²) in [6.07, 6.45) is 1.16. The molecule has 7 rings (SSSR count). The predicted molar refractivity (Wildman–Crippen MR) is 242 cm³/mol. The molecule has 11 heteroatoms. The first-order valence-electron chi connectivity index (χ1n) is 21.2. The van der Waals surface area contributed by atoms with Gasteiger partial charge in [-0.3, -0.25) is 19.2 Å². The van der Waals surface area contributed by atoms with Crippen LogP contribution in [0.4, 0.5) is 0 Å². The van der Waals surface area contributed by atoms with Crippen LogP contribution in [0.3, 0.4) is 0 Å². The number of amides is 4. The molecule has 0 saturated heterocycles. The zero-order chi connectivity index (χ0) is 44.1. The molecule has 1 aliphatic rings. The van der Waals surface area contributed by atoms with E-state index >= 15 is 0 Å². The van der Waals surface area contributed by atoms with Crippen LogP contribution in [0.5, 0.6) is 0 Å². The van der Waals surface area contributed by atoms with Crippen LogP contribution in [0.15, 0.2) is 164 Å². The Morgan fingerprint density at radius 2 is 1.11 bits per heavy atom. The number of carboxylic acid groups (broad SMARTS) is 1. The first-order chi connectivity index (χ1) is 30.6. The molecule has 0 radical (unpaired) electrons. The van der Waals surface area contributed by atoms with E-state index in [0.717, 1.165) is 44.5 Å². The summed E-state index contributed by atoms with van der Waals surface area (Å²) in [6, 6.07) is 46.7. The highest BCUT2D eigenvalue weighted by Crippen LogP contribution is 2.25. The van der Waals surface area contributed by atoms with Gasteiger partial charge in [0.05, 0.1) is 6.04 Å². The number of nitrogens with one attached hydrogen (secondary N) is 3. The molecule has 0 fully saturated rings. The van der Waals surface area contributed by atoms with E-state index in [-0.39, 0.29) is 38.1 Å². The van der Waals surface area contributed by atoms with Crippen LogP contribution in [-0.4, -0.2) is 70.3 Å². The summed E-state index contributed by atoms with van der Waals surface area (Å²) < 4.78 is 0. The molecule has 1 unspecified atom stereocenters. The number of aliphatic carboxylic acids is 1. The van der Waals surface area contributed by atoms with E-state index in [2.05, 4.69) is 52.3 Å². The monoisotopic (exact) mass is 841 g/mol. The number of hydrogen-bond acceptors (Lipinski definition) is 6. The van der Waals surface area contributed by atoms with Crippen LogP contribution < -0.4 is 21.7 Å². The number of carbonyl (C=O) groups excluding carboxylic acids is 4. The largest absolute Gasteiger partial charge is 0.480 e. The summed E-state index contributed by atoms with van der Waals surface area (Å²) in [5.74, 6) is -3.08. The third-order valence-electron chi connectivity index (χ3n) is 11.4. The molecule has 1 heterocycles. The van der Waals surface area contributed by atoms with Gasteiger partial charge in [-0.25, -0.2) is 4.79 Å². The Balaban J connectivity index is 0.995. The van der Waals surface area contributed by atoms with Gasteiger partial charge >= 0.3 is 5.97 Å². The highest BCUT2D eigenvalue weighted by molar-refractivity contribution is 5.95. The quantitative estimate of drug-likeness (QED) is 0.0786. The minimum Gasteiger partial charge on any atom is -0.480 e. The van der Waals surface area contributed by atoms with Gasteiger partial charge in [-0.15, -0.1) is 0 Å². The number of rotatable bonds is 17. The Morgan fingerprint density at radius 1 is 0.587 bits per heavy atom. The van der Waals surface area contributed by atoms with Crippen molar-refractivity contribution < 1.29 is 29.1 Å². The highest BCUT2D eigenvalue weighted by Gasteiger charge is 2.38. The summed E-state index contributed by atoms with van der Waals surface area (Å²) in [5.41, 5.74) is 14.5. The van der Waals surface area contributed by atoms with Gasteiger partial charge in [0.15, 0.2) is 0 Å². The van der Waals surface area contributed by atoms with Crippen LogP contribution in [0.25, 0.3) is 11.1 Å². The van der Waals surface area contributed by atoms with Gasteiger partial charge in [0.25, 0.3) is 5.91 Å². The second kappa shape index (κ2) is 20.9. The average molecular weight is 842 g/mol. The van der Waals surface area contributed by atoms with Crippen molar-refractivity contribution in [1.82, 2.24) is 20.9 Å². The lowest BCUT2D eigenvalue weighted by Crippen LogP contribution is -2.60. The molecule has 0 bridgehead atoms. The van der Waals surface area contributed by atoms with Gasteiger partial charge in [-0.1, -0.05) is 152 Å². The number of benzene rings is 6. The molecule has 63 heavy (non-hydrogen) atoms. The zero-order valence-electron chi connectivity index (χ0n) is 34.9. The van der Waals surface area contributed by atoms with E-state index in [1.54, 1.807) is 48.5 Å². The Kier molecular flexibility index (Phi) is 14.5. The van der Waals surface area contributed by atoms with Crippen LogP contribution >= 0.6 is 0 Å². The fourth-order valence-electron chi connectivity index (χ4n) is 7.90. The minimum atomic E-state index is -1.24. The molecule has 0 aromatic heterocycles. The summed E-state index contributed by atoms with van der Waals surface area (Å²) in [5, 5.41) is 18.6. The van der Waals surface area contributed by atoms with Crippen molar-refractivity contribution in [1.29, 1.82) is 0 Å². The van der Waals surface area contributed by atoms with Crippen molar-refractivity contribution in [2.45, 2.75) is 62.8 Å². The number of nitrogens with two attached hydrogens (primary N) is 1. The standard InChI is InChI=1S/C52H51N5O6/c53-44(30-38-22-26-41(27-23-38)48(58)54-29-28-35-20-24-40(25-21-35)39-16-8-3-9-17-39)51(61)57-34-43-19-11-10-18-42(43)33-47(57)50(60)55-45(31-36-12-4-1-5-13-36)49(59)56-46(52(62)63)32-37-14-6-2-7-15-37/h1-27,44-47H,28-34,53H2,(H,54,58)(H,55,60)(H,56,59)(H,62,63)/t44-,45-,46-,47?/m0/s1. The number of nitrogens with zero attached hydrogens (tertiary/aromatic N) is 1. The number of carbonyl (C=O) groups is 5. The molecule has 1 aliphatic heterocycles. The van der Waals surface area contributed by atoms with Crippen LogP contribution in [-0.2, 0) is 57.8 Å². The number of fused-ring (bicyclic) bond motifs is 1. The molecule has 6 aromatic rings. The molecule has 11 nitrogen and oxygen atoms in total. The molecule has 320 valence electrons.